The molecule has 1 rings (SSSR count). The predicted molar refractivity (Wildman–Crippen MR) is 67.5 cm³/mol. The van der Waals surface area contributed by atoms with Crippen LogP contribution in [0.2, 0.25) is 0 Å². The lowest BCUT2D eigenvalue weighted by molar-refractivity contribution is -0.133. The molecule has 0 aliphatic carbocycles. The zero-order valence-electron chi connectivity index (χ0n) is 10.4. The average molecular weight is 236 g/mol. The van der Waals surface area contributed by atoms with Crippen LogP contribution in [0, 0.1) is 0 Å². The van der Waals surface area contributed by atoms with Crippen LogP contribution in [0.5, 0.6) is 0 Å². The van der Waals surface area contributed by atoms with Gasteiger partial charge in [0.05, 0.1) is 6.61 Å². The van der Waals surface area contributed by atoms with Crippen LogP contribution < -0.4 is 5.73 Å². The highest BCUT2D eigenvalue weighted by atomic mass is 16.5. The number of carbonyl (C=O) groups is 1. The highest BCUT2D eigenvalue weighted by Gasteiger charge is 2.20. The van der Waals surface area contributed by atoms with Gasteiger partial charge in [-0.15, -0.1) is 0 Å². The fourth-order valence-electron chi connectivity index (χ4n) is 1.63. The summed E-state index contributed by atoms with van der Waals surface area (Å²) >= 11 is 0. The lowest BCUT2D eigenvalue weighted by atomic mass is 10.1. The van der Waals surface area contributed by atoms with Gasteiger partial charge in [-0.05, 0) is 12.5 Å². The zero-order valence-corrected chi connectivity index (χ0v) is 10.4. The molecule has 1 aromatic carbocycles. The molecule has 1 atom stereocenters. The van der Waals surface area contributed by atoms with Gasteiger partial charge in [0.1, 0.15) is 6.04 Å². The Hall–Kier alpha value is -1.39. The van der Waals surface area contributed by atoms with Crippen LogP contribution in [0.1, 0.15) is 18.5 Å². The maximum absolute atomic E-state index is 12.1. The SMILES string of the molecule is CCN(CCOC)C(=O)[C@@H](N)c1ccccc1. The average Bonchev–Trinajstić information content (AvgIpc) is 2.39. The van der Waals surface area contributed by atoms with E-state index in [1.165, 1.54) is 0 Å². The first-order valence-corrected chi connectivity index (χ1v) is 5.79. The van der Waals surface area contributed by atoms with Gasteiger partial charge in [-0.3, -0.25) is 4.79 Å². The van der Waals surface area contributed by atoms with Crippen molar-refractivity contribution < 1.29 is 9.53 Å². The van der Waals surface area contributed by atoms with Gasteiger partial charge >= 0.3 is 0 Å². The van der Waals surface area contributed by atoms with E-state index in [2.05, 4.69) is 0 Å². The lowest BCUT2D eigenvalue weighted by Gasteiger charge is -2.24. The summed E-state index contributed by atoms with van der Waals surface area (Å²) in [5, 5.41) is 0. The predicted octanol–water partition coefficient (Wildman–Crippen LogP) is 1.18. The largest absolute Gasteiger partial charge is 0.383 e. The highest BCUT2D eigenvalue weighted by molar-refractivity contribution is 5.83. The molecule has 0 aliphatic heterocycles. The molecular weight excluding hydrogens is 216 g/mol. The highest BCUT2D eigenvalue weighted by Crippen LogP contribution is 2.12. The standard InChI is InChI=1S/C13H20N2O2/c1-3-15(9-10-17-2)13(16)12(14)11-7-5-4-6-8-11/h4-8,12H,3,9-10,14H2,1-2H3/t12-/m0/s1. The minimum atomic E-state index is -0.590. The number of nitrogens with two attached hydrogens (primary N) is 1. The van der Waals surface area contributed by atoms with Crippen molar-refractivity contribution in [2.75, 3.05) is 26.8 Å². The van der Waals surface area contributed by atoms with Crippen molar-refractivity contribution in [3.8, 4) is 0 Å². The summed E-state index contributed by atoms with van der Waals surface area (Å²) in [5.74, 6) is -0.0595. The fourth-order valence-corrected chi connectivity index (χ4v) is 1.63. The first-order chi connectivity index (χ1) is 8.20. The third-order valence-corrected chi connectivity index (χ3v) is 2.68. The minimum Gasteiger partial charge on any atom is -0.383 e. The van der Waals surface area contributed by atoms with Gasteiger partial charge in [0, 0.05) is 20.2 Å². The third-order valence-electron chi connectivity index (χ3n) is 2.68. The van der Waals surface area contributed by atoms with E-state index in [0.29, 0.717) is 19.7 Å². The summed E-state index contributed by atoms with van der Waals surface area (Å²) < 4.78 is 4.98. The first kappa shape index (κ1) is 13.7. The van der Waals surface area contributed by atoms with E-state index in [1.54, 1.807) is 12.0 Å². The van der Waals surface area contributed by atoms with Crippen molar-refractivity contribution in [3.63, 3.8) is 0 Å². The molecule has 1 aromatic rings. The van der Waals surface area contributed by atoms with E-state index in [0.717, 1.165) is 5.56 Å². The maximum atomic E-state index is 12.1. The molecule has 4 nitrogen and oxygen atoms in total. The third kappa shape index (κ3) is 3.84. The van der Waals surface area contributed by atoms with Crippen LogP contribution in [0.3, 0.4) is 0 Å². The van der Waals surface area contributed by atoms with Gasteiger partial charge in [-0.25, -0.2) is 0 Å². The molecule has 0 bridgehead atoms. The van der Waals surface area contributed by atoms with Gasteiger partial charge in [0.2, 0.25) is 5.91 Å². The number of carbonyl (C=O) groups excluding carboxylic acids is 1. The van der Waals surface area contributed by atoms with E-state index in [4.69, 9.17) is 10.5 Å². The number of benzene rings is 1. The fraction of sp³-hybridized carbons (Fsp3) is 0.462. The second kappa shape index (κ2) is 7.04. The van der Waals surface area contributed by atoms with Crippen molar-refractivity contribution in [2.45, 2.75) is 13.0 Å². The number of hydrogen-bond acceptors (Lipinski definition) is 3. The second-order valence-electron chi connectivity index (χ2n) is 3.80. The van der Waals surface area contributed by atoms with Crippen LogP contribution in [0.15, 0.2) is 30.3 Å². The molecule has 1 amide bonds. The Morgan fingerprint density at radius 3 is 2.59 bits per heavy atom. The molecule has 0 unspecified atom stereocenters. The Kier molecular flexibility index (Phi) is 5.66. The minimum absolute atomic E-state index is 0.0595. The van der Waals surface area contributed by atoms with E-state index >= 15 is 0 Å². The quantitative estimate of drug-likeness (QED) is 0.807. The number of likely N-dealkylation sites (N-methyl/N-ethyl adjacent to an activating group) is 1. The van der Waals surface area contributed by atoms with Crippen molar-refractivity contribution >= 4 is 5.91 Å². The molecule has 94 valence electrons. The number of ether oxygens (including phenoxy) is 1. The van der Waals surface area contributed by atoms with Crippen LogP contribution in [0.4, 0.5) is 0 Å². The van der Waals surface area contributed by atoms with Gasteiger partial charge in [0.25, 0.3) is 0 Å². The summed E-state index contributed by atoms with van der Waals surface area (Å²) in [7, 11) is 1.62. The molecule has 0 aliphatic rings. The molecule has 0 saturated carbocycles. The maximum Gasteiger partial charge on any atom is 0.244 e. The summed E-state index contributed by atoms with van der Waals surface area (Å²) in [6, 6.07) is 8.82. The molecular formula is C13H20N2O2. The normalized spacial score (nSPS) is 12.2. The molecule has 0 radical (unpaired) electrons. The summed E-state index contributed by atoms with van der Waals surface area (Å²) in [6.07, 6.45) is 0. The molecule has 17 heavy (non-hydrogen) atoms. The number of hydrogen-bond donors (Lipinski definition) is 1. The Morgan fingerprint density at radius 2 is 2.06 bits per heavy atom. The van der Waals surface area contributed by atoms with E-state index in [1.807, 2.05) is 37.3 Å². The van der Waals surface area contributed by atoms with E-state index in [-0.39, 0.29) is 5.91 Å². The van der Waals surface area contributed by atoms with Crippen molar-refractivity contribution in [2.24, 2.45) is 5.73 Å². The number of amides is 1. The number of nitrogens with zero attached hydrogens (tertiary/aromatic N) is 1. The van der Waals surface area contributed by atoms with E-state index in [9.17, 15) is 4.79 Å². The smallest absolute Gasteiger partial charge is 0.244 e. The summed E-state index contributed by atoms with van der Waals surface area (Å²) in [6.45, 7) is 3.68. The van der Waals surface area contributed by atoms with Crippen LogP contribution in [-0.4, -0.2) is 37.6 Å². The molecule has 0 spiro atoms. The van der Waals surface area contributed by atoms with Crippen LogP contribution in [-0.2, 0) is 9.53 Å². The Labute approximate surface area is 102 Å². The van der Waals surface area contributed by atoms with E-state index < -0.39 is 6.04 Å². The molecule has 4 heteroatoms. The summed E-state index contributed by atoms with van der Waals surface area (Å²) in [4.78, 5) is 13.8. The van der Waals surface area contributed by atoms with Gasteiger partial charge in [-0.2, -0.15) is 0 Å². The molecule has 0 aromatic heterocycles. The Morgan fingerprint density at radius 1 is 1.41 bits per heavy atom. The second-order valence-corrected chi connectivity index (χ2v) is 3.80. The lowest BCUT2D eigenvalue weighted by Crippen LogP contribution is -2.40. The molecule has 0 saturated heterocycles. The Bertz CT molecular complexity index is 341. The first-order valence-electron chi connectivity index (χ1n) is 5.79. The molecule has 2 N–H and O–H groups in total. The van der Waals surface area contributed by atoms with Crippen molar-refractivity contribution in [1.82, 2.24) is 4.90 Å². The zero-order chi connectivity index (χ0) is 12.7. The Balaban J connectivity index is 2.67. The van der Waals surface area contributed by atoms with Gasteiger partial charge in [0.15, 0.2) is 0 Å². The monoisotopic (exact) mass is 236 g/mol. The number of methoxy groups -OCH3 is 1. The van der Waals surface area contributed by atoms with Gasteiger partial charge in [-0.1, -0.05) is 30.3 Å². The van der Waals surface area contributed by atoms with Crippen molar-refractivity contribution in [1.29, 1.82) is 0 Å². The van der Waals surface area contributed by atoms with Gasteiger partial charge < -0.3 is 15.4 Å². The van der Waals surface area contributed by atoms with Crippen LogP contribution in [0.25, 0.3) is 0 Å². The topological polar surface area (TPSA) is 55.6 Å². The number of rotatable bonds is 6. The van der Waals surface area contributed by atoms with Crippen LogP contribution >= 0.6 is 0 Å². The van der Waals surface area contributed by atoms with Crippen molar-refractivity contribution in [3.05, 3.63) is 35.9 Å². The molecule has 0 fully saturated rings. The molecule has 0 heterocycles. The summed E-state index contributed by atoms with van der Waals surface area (Å²) in [5.41, 5.74) is 6.80.